The molecule has 1 saturated carbocycles. The topological polar surface area (TPSA) is 89.2 Å². The summed E-state index contributed by atoms with van der Waals surface area (Å²) in [6.45, 7) is 3.80. The van der Waals surface area contributed by atoms with Gasteiger partial charge in [0.1, 0.15) is 5.82 Å². The van der Waals surface area contributed by atoms with E-state index in [-0.39, 0.29) is 6.10 Å². The monoisotopic (exact) mass is 316 g/mol. The Labute approximate surface area is 134 Å². The molecule has 0 radical (unpaired) electrons. The van der Waals surface area contributed by atoms with Crippen LogP contribution in [0.1, 0.15) is 30.5 Å². The van der Waals surface area contributed by atoms with Crippen LogP contribution in [0, 0.1) is 0 Å². The van der Waals surface area contributed by atoms with Gasteiger partial charge in [0.05, 0.1) is 19.3 Å². The van der Waals surface area contributed by atoms with Crippen molar-refractivity contribution in [3.8, 4) is 0 Å². The largest absolute Gasteiger partial charge is 0.374 e. The van der Waals surface area contributed by atoms with E-state index in [0.29, 0.717) is 31.5 Å². The predicted octanol–water partition coefficient (Wildman–Crippen LogP) is 1.05. The average molecular weight is 316 g/mol. The molecule has 1 aliphatic heterocycles. The minimum absolute atomic E-state index is 0.108. The number of hydrogen-bond donors (Lipinski definition) is 1. The van der Waals surface area contributed by atoms with E-state index >= 15 is 0 Å². The van der Waals surface area contributed by atoms with Crippen molar-refractivity contribution in [1.29, 1.82) is 0 Å². The van der Waals surface area contributed by atoms with Gasteiger partial charge in [-0.1, -0.05) is 5.16 Å². The molecule has 1 N–H and O–H groups in total. The van der Waals surface area contributed by atoms with Crippen molar-refractivity contribution in [3.63, 3.8) is 0 Å². The van der Waals surface area contributed by atoms with Gasteiger partial charge in [-0.25, -0.2) is 0 Å². The van der Waals surface area contributed by atoms with Crippen molar-refractivity contribution in [3.05, 3.63) is 30.0 Å². The first-order valence-corrected chi connectivity index (χ1v) is 8.05. The molecule has 8 heteroatoms. The number of ether oxygens (including phenoxy) is 1. The summed E-state index contributed by atoms with van der Waals surface area (Å²) in [5, 5.41) is 15.2. The highest BCUT2D eigenvalue weighted by atomic mass is 16.5. The summed E-state index contributed by atoms with van der Waals surface area (Å²) >= 11 is 0. The van der Waals surface area contributed by atoms with Crippen molar-refractivity contribution in [2.45, 2.75) is 31.4 Å². The molecule has 1 saturated heterocycles. The molecule has 2 fully saturated rings. The van der Waals surface area contributed by atoms with Gasteiger partial charge in [0.2, 0.25) is 5.89 Å². The number of hydrogen-bond acceptors (Lipinski definition) is 8. The lowest BCUT2D eigenvalue weighted by Gasteiger charge is -2.32. The highest BCUT2D eigenvalue weighted by Crippen LogP contribution is 2.38. The standard InChI is InChI=1S/C15H20N6O2/c1-2-13(19-17-5-1)16-8-12-9-21(6-7-22-12)10-14-18-15(20-23-14)11-3-4-11/h1-2,5,11-12H,3-4,6-10H2,(H,16,19)/t12-/m0/s1. The second-order valence-corrected chi connectivity index (χ2v) is 6.04. The summed E-state index contributed by atoms with van der Waals surface area (Å²) in [4.78, 5) is 6.78. The van der Waals surface area contributed by atoms with Gasteiger partial charge in [0.25, 0.3) is 0 Å². The Morgan fingerprint density at radius 1 is 1.35 bits per heavy atom. The first-order valence-electron chi connectivity index (χ1n) is 8.05. The molecule has 23 heavy (non-hydrogen) atoms. The minimum Gasteiger partial charge on any atom is -0.374 e. The van der Waals surface area contributed by atoms with Crippen molar-refractivity contribution in [2.24, 2.45) is 0 Å². The fourth-order valence-corrected chi connectivity index (χ4v) is 2.69. The molecule has 3 heterocycles. The summed E-state index contributed by atoms with van der Waals surface area (Å²) in [6, 6.07) is 3.75. The van der Waals surface area contributed by atoms with Crippen LogP contribution in [0.4, 0.5) is 5.82 Å². The van der Waals surface area contributed by atoms with E-state index in [4.69, 9.17) is 9.26 Å². The van der Waals surface area contributed by atoms with E-state index in [9.17, 15) is 0 Å². The van der Waals surface area contributed by atoms with E-state index in [2.05, 4.69) is 30.6 Å². The van der Waals surface area contributed by atoms with Crippen LogP contribution in [0.2, 0.25) is 0 Å². The van der Waals surface area contributed by atoms with Gasteiger partial charge in [-0.2, -0.15) is 10.1 Å². The Hall–Kier alpha value is -2.06. The van der Waals surface area contributed by atoms with Crippen LogP contribution in [0.25, 0.3) is 0 Å². The third-order valence-corrected chi connectivity index (χ3v) is 4.09. The first kappa shape index (κ1) is 14.5. The van der Waals surface area contributed by atoms with Gasteiger partial charge < -0.3 is 14.6 Å². The maximum absolute atomic E-state index is 5.80. The van der Waals surface area contributed by atoms with Crippen LogP contribution in [-0.4, -0.2) is 57.6 Å². The van der Waals surface area contributed by atoms with Gasteiger partial charge in [-0.15, -0.1) is 5.10 Å². The molecular weight excluding hydrogens is 296 g/mol. The number of aromatic nitrogens is 4. The molecule has 122 valence electrons. The molecule has 4 rings (SSSR count). The van der Waals surface area contributed by atoms with E-state index in [1.54, 1.807) is 6.20 Å². The van der Waals surface area contributed by atoms with Gasteiger partial charge in [0, 0.05) is 31.7 Å². The fourth-order valence-electron chi connectivity index (χ4n) is 2.69. The quantitative estimate of drug-likeness (QED) is 0.846. The zero-order valence-electron chi connectivity index (χ0n) is 12.9. The van der Waals surface area contributed by atoms with Crippen LogP contribution >= 0.6 is 0 Å². The molecule has 0 unspecified atom stereocenters. The summed E-state index contributed by atoms with van der Waals surface area (Å²) < 4.78 is 11.2. The van der Waals surface area contributed by atoms with Crippen LogP contribution in [0.15, 0.2) is 22.9 Å². The fraction of sp³-hybridized carbons (Fsp3) is 0.600. The lowest BCUT2D eigenvalue weighted by atomic mass is 10.2. The molecule has 2 aromatic rings. The Morgan fingerprint density at radius 3 is 3.13 bits per heavy atom. The second kappa shape index (κ2) is 6.59. The molecule has 1 aliphatic carbocycles. The zero-order chi connectivity index (χ0) is 15.5. The minimum atomic E-state index is 0.108. The summed E-state index contributed by atoms with van der Waals surface area (Å²) in [7, 11) is 0. The number of nitrogens with one attached hydrogen (secondary N) is 1. The lowest BCUT2D eigenvalue weighted by Crippen LogP contribution is -2.44. The van der Waals surface area contributed by atoms with E-state index in [0.717, 1.165) is 24.7 Å². The van der Waals surface area contributed by atoms with Gasteiger partial charge >= 0.3 is 0 Å². The van der Waals surface area contributed by atoms with E-state index in [1.165, 1.54) is 12.8 Å². The SMILES string of the molecule is c1cnnc(NC[C@H]2CN(Cc3nc(C4CC4)no3)CCO2)c1. The molecule has 2 aromatic heterocycles. The lowest BCUT2D eigenvalue weighted by molar-refractivity contribution is -0.0268. The van der Waals surface area contributed by atoms with Gasteiger partial charge in [0.15, 0.2) is 5.82 Å². The third kappa shape index (κ3) is 3.83. The van der Waals surface area contributed by atoms with E-state index in [1.807, 2.05) is 12.1 Å². The molecule has 0 spiro atoms. The molecule has 1 atom stereocenters. The van der Waals surface area contributed by atoms with E-state index < -0.39 is 0 Å². The molecule has 8 nitrogen and oxygen atoms in total. The molecular formula is C15H20N6O2. The van der Waals surface area contributed by atoms with Crippen LogP contribution in [0.5, 0.6) is 0 Å². The van der Waals surface area contributed by atoms with Gasteiger partial charge in [-0.3, -0.25) is 4.90 Å². The Morgan fingerprint density at radius 2 is 2.30 bits per heavy atom. The number of morpholine rings is 1. The Bertz CT molecular complexity index is 630. The van der Waals surface area contributed by atoms with Crippen molar-refractivity contribution < 1.29 is 9.26 Å². The average Bonchev–Trinajstić information content (AvgIpc) is 3.34. The predicted molar refractivity (Wildman–Crippen MR) is 81.8 cm³/mol. The number of rotatable bonds is 6. The maximum Gasteiger partial charge on any atom is 0.240 e. The van der Waals surface area contributed by atoms with Crippen molar-refractivity contribution in [2.75, 3.05) is 31.6 Å². The molecule has 0 aromatic carbocycles. The Kier molecular flexibility index (Phi) is 4.16. The van der Waals surface area contributed by atoms with Crippen molar-refractivity contribution in [1.82, 2.24) is 25.2 Å². The highest BCUT2D eigenvalue weighted by Gasteiger charge is 2.29. The molecule has 0 amide bonds. The Balaban J connectivity index is 1.28. The zero-order valence-corrected chi connectivity index (χ0v) is 12.9. The first-order chi connectivity index (χ1) is 11.4. The number of anilines is 1. The number of nitrogens with zero attached hydrogens (tertiary/aromatic N) is 5. The summed E-state index contributed by atoms with van der Waals surface area (Å²) in [6.07, 6.45) is 4.14. The van der Waals surface area contributed by atoms with Crippen LogP contribution in [0.3, 0.4) is 0 Å². The molecule has 2 aliphatic rings. The van der Waals surface area contributed by atoms with Crippen molar-refractivity contribution >= 4 is 5.82 Å². The summed E-state index contributed by atoms with van der Waals surface area (Å²) in [5.41, 5.74) is 0. The summed E-state index contributed by atoms with van der Waals surface area (Å²) in [5.74, 6) is 2.86. The normalized spacial score (nSPS) is 22.2. The third-order valence-electron chi connectivity index (χ3n) is 4.09. The van der Waals surface area contributed by atoms with Gasteiger partial charge in [-0.05, 0) is 25.0 Å². The smallest absolute Gasteiger partial charge is 0.240 e. The van der Waals surface area contributed by atoms with Crippen LogP contribution < -0.4 is 5.32 Å². The highest BCUT2D eigenvalue weighted by molar-refractivity contribution is 5.31. The van der Waals surface area contributed by atoms with Crippen LogP contribution in [-0.2, 0) is 11.3 Å². The maximum atomic E-state index is 5.80. The molecule has 0 bridgehead atoms. The second-order valence-electron chi connectivity index (χ2n) is 6.04.